The van der Waals surface area contributed by atoms with E-state index in [0.717, 1.165) is 18.5 Å². The Hall–Kier alpha value is -2.29. The summed E-state index contributed by atoms with van der Waals surface area (Å²) in [7, 11) is 0. The molecule has 0 unspecified atom stereocenters. The smallest absolute Gasteiger partial charge is 0.224 e. The lowest BCUT2D eigenvalue weighted by Gasteiger charge is -2.05. The molecule has 0 radical (unpaired) electrons. The molecule has 0 heterocycles. The first-order chi connectivity index (χ1) is 9.24. The zero-order valence-corrected chi connectivity index (χ0v) is 10.8. The van der Waals surface area contributed by atoms with Gasteiger partial charge < -0.3 is 11.1 Å². The van der Waals surface area contributed by atoms with Crippen molar-refractivity contribution in [1.82, 2.24) is 0 Å². The van der Waals surface area contributed by atoms with Gasteiger partial charge in [-0.2, -0.15) is 0 Å². The Morgan fingerprint density at radius 1 is 1.00 bits per heavy atom. The van der Waals surface area contributed by atoms with Gasteiger partial charge in [0.25, 0.3) is 0 Å². The molecule has 2 rings (SSSR count). The van der Waals surface area contributed by atoms with Crippen LogP contribution in [0.3, 0.4) is 0 Å². The minimum absolute atomic E-state index is 0.0423. The lowest BCUT2D eigenvalue weighted by molar-refractivity contribution is -0.116. The van der Waals surface area contributed by atoms with Gasteiger partial charge in [0.05, 0.1) is 0 Å². The van der Waals surface area contributed by atoms with Crippen LogP contribution in [0.5, 0.6) is 0 Å². The Labute approximate surface area is 113 Å². The number of amides is 1. The van der Waals surface area contributed by atoms with Gasteiger partial charge in [-0.3, -0.25) is 4.79 Å². The van der Waals surface area contributed by atoms with E-state index in [0.29, 0.717) is 12.1 Å². The third-order valence-electron chi connectivity index (χ3n) is 2.91. The van der Waals surface area contributed by atoms with Gasteiger partial charge >= 0.3 is 0 Å². The predicted octanol–water partition coefficient (Wildman–Crippen LogP) is 3.23. The predicted molar refractivity (Wildman–Crippen MR) is 78.9 cm³/mol. The highest BCUT2D eigenvalue weighted by atomic mass is 16.1. The Kier molecular flexibility index (Phi) is 4.56. The normalized spacial score (nSPS) is 10.1. The monoisotopic (exact) mass is 254 g/mol. The molecule has 2 aromatic carbocycles. The van der Waals surface area contributed by atoms with Gasteiger partial charge in [0.2, 0.25) is 5.91 Å². The molecule has 3 heteroatoms. The highest BCUT2D eigenvalue weighted by Gasteiger charge is 2.02. The molecular formula is C16H18N2O. The molecule has 0 aromatic heterocycles. The second-order valence-corrected chi connectivity index (χ2v) is 4.51. The average molecular weight is 254 g/mol. The lowest BCUT2D eigenvalue weighted by Crippen LogP contribution is -2.11. The first kappa shape index (κ1) is 13.1. The molecule has 98 valence electrons. The third kappa shape index (κ3) is 4.47. The molecule has 1 amide bonds. The Morgan fingerprint density at radius 3 is 2.37 bits per heavy atom. The molecule has 3 nitrogen and oxygen atoms in total. The first-order valence-electron chi connectivity index (χ1n) is 6.43. The van der Waals surface area contributed by atoms with E-state index >= 15 is 0 Å². The summed E-state index contributed by atoms with van der Waals surface area (Å²) < 4.78 is 0. The molecule has 0 atom stereocenters. The van der Waals surface area contributed by atoms with Crippen LogP contribution in [0.1, 0.15) is 18.4 Å². The Bertz CT molecular complexity index is 520. The van der Waals surface area contributed by atoms with E-state index < -0.39 is 0 Å². The van der Waals surface area contributed by atoms with Crippen LogP contribution in [0.15, 0.2) is 54.6 Å². The van der Waals surface area contributed by atoms with Crippen LogP contribution < -0.4 is 11.1 Å². The van der Waals surface area contributed by atoms with Crippen LogP contribution in [0.2, 0.25) is 0 Å². The number of rotatable bonds is 5. The van der Waals surface area contributed by atoms with Crippen molar-refractivity contribution in [3.63, 3.8) is 0 Å². The highest BCUT2D eigenvalue weighted by Crippen LogP contribution is 2.11. The van der Waals surface area contributed by atoms with Crippen molar-refractivity contribution in [2.75, 3.05) is 11.1 Å². The molecule has 0 fully saturated rings. The molecular weight excluding hydrogens is 236 g/mol. The molecule has 0 spiro atoms. The van der Waals surface area contributed by atoms with Gasteiger partial charge in [0.15, 0.2) is 0 Å². The molecule has 19 heavy (non-hydrogen) atoms. The molecule has 0 saturated heterocycles. The molecule has 0 saturated carbocycles. The van der Waals surface area contributed by atoms with Crippen molar-refractivity contribution in [2.24, 2.45) is 0 Å². The molecule has 0 bridgehead atoms. The maximum absolute atomic E-state index is 11.7. The summed E-state index contributed by atoms with van der Waals surface area (Å²) in [4.78, 5) is 11.7. The summed E-state index contributed by atoms with van der Waals surface area (Å²) >= 11 is 0. The molecule has 0 aliphatic carbocycles. The van der Waals surface area contributed by atoms with Crippen LogP contribution >= 0.6 is 0 Å². The van der Waals surface area contributed by atoms with Crippen LogP contribution in [-0.2, 0) is 11.2 Å². The van der Waals surface area contributed by atoms with Crippen LogP contribution in [-0.4, -0.2) is 5.91 Å². The van der Waals surface area contributed by atoms with Gasteiger partial charge in [0, 0.05) is 17.8 Å². The summed E-state index contributed by atoms with van der Waals surface area (Å²) in [6.07, 6.45) is 2.31. The van der Waals surface area contributed by atoms with Crippen molar-refractivity contribution in [1.29, 1.82) is 0 Å². The van der Waals surface area contributed by atoms with Gasteiger partial charge in [-0.05, 0) is 42.7 Å². The SMILES string of the molecule is Nc1ccc(NC(=O)CCCc2ccccc2)cc1. The molecule has 0 aliphatic rings. The van der Waals surface area contributed by atoms with Gasteiger partial charge in [-0.15, -0.1) is 0 Å². The van der Waals surface area contributed by atoms with Crippen LogP contribution in [0.25, 0.3) is 0 Å². The third-order valence-corrected chi connectivity index (χ3v) is 2.91. The van der Waals surface area contributed by atoms with Gasteiger partial charge in [-0.1, -0.05) is 30.3 Å². The van der Waals surface area contributed by atoms with Crippen LogP contribution in [0, 0.1) is 0 Å². The topological polar surface area (TPSA) is 55.1 Å². The number of nitrogens with two attached hydrogens (primary N) is 1. The number of benzene rings is 2. The number of hydrogen-bond acceptors (Lipinski definition) is 2. The summed E-state index contributed by atoms with van der Waals surface area (Å²) in [5.74, 6) is 0.0423. The molecule has 3 N–H and O–H groups in total. The van der Waals surface area contributed by atoms with Crippen LogP contribution in [0.4, 0.5) is 11.4 Å². The summed E-state index contributed by atoms with van der Waals surface area (Å²) in [5.41, 5.74) is 8.34. The average Bonchev–Trinajstić information content (AvgIpc) is 2.43. The maximum atomic E-state index is 11.7. The van der Waals surface area contributed by atoms with Crippen molar-refractivity contribution in [3.05, 3.63) is 60.2 Å². The number of carbonyl (C=O) groups excluding carboxylic acids is 1. The second-order valence-electron chi connectivity index (χ2n) is 4.51. The van der Waals surface area contributed by atoms with E-state index in [4.69, 9.17) is 5.73 Å². The number of anilines is 2. The van der Waals surface area contributed by atoms with Gasteiger partial charge in [-0.25, -0.2) is 0 Å². The standard InChI is InChI=1S/C16H18N2O/c17-14-9-11-15(12-10-14)18-16(19)8-4-7-13-5-2-1-3-6-13/h1-3,5-6,9-12H,4,7-8,17H2,(H,18,19). The van der Waals surface area contributed by atoms with E-state index in [1.807, 2.05) is 30.3 Å². The minimum atomic E-state index is 0.0423. The first-order valence-corrected chi connectivity index (χ1v) is 6.43. The second kappa shape index (κ2) is 6.59. The Morgan fingerprint density at radius 2 is 1.68 bits per heavy atom. The number of nitrogen functional groups attached to an aromatic ring is 1. The fraction of sp³-hybridized carbons (Fsp3) is 0.188. The Balaban J connectivity index is 1.74. The zero-order valence-electron chi connectivity index (χ0n) is 10.8. The molecule has 0 aliphatic heterocycles. The molecule has 2 aromatic rings. The number of aryl methyl sites for hydroxylation is 1. The van der Waals surface area contributed by atoms with E-state index in [1.54, 1.807) is 12.1 Å². The number of carbonyl (C=O) groups is 1. The van der Waals surface area contributed by atoms with E-state index in [2.05, 4.69) is 17.4 Å². The minimum Gasteiger partial charge on any atom is -0.399 e. The summed E-state index contributed by atoms with van der Waals surface area (Å²) in [5, 5.41) is 2.86. The van der Waals surface area contributed by atoms with Crippen molar-refractivity contribution in [2.45, 2.75) is 19.3 Å². The summed E-state index contributed by atoms with van der Waals surface area (Å²) in [6, 6.07) is 17.4. The zero-order chi connectivity index (χ0) is 13.5. The number of nitrogens with one attached hydrogen (secondary N) is 1. The highest BCUT2D eigenvalue weighted by molar-refractivity contribution is 5.90. The number of hydrogen-bond donors (Lipinski definition) is 2. The largest absolute Gasteiger partial charge is 0.399 e. The summed E-state index contributed by atoms with van der Waals surface area (Å²) in [6.45, 7) is 0. The maximum Gasteiger partial charge on any atom is 0.224 e. The van der Waals surface area contributed by atoms with E-state index in [1.165, 1.54) is 5.56 Å². The van der Waals surface area contributed by atoms with E-state index in [-0.39, 0.29) is 5.91 Å². The quantitative estimate of drug-likeness (QED) is 0.805. The van der Waals surface area contributed by atoms with Crippen molar-refractivity contribution < 1.29 is 4.79 Å². The van der Waals surface area contributed by atoms with Crippen molar-refractivity contribution >= 4 is 17.3 Å². The van der Waals surface area contributed by atoms with Crippen molar-refractivity contribution in [3.8, 4) is 0 Å². The van der Waals surface area contributed by atoms with Gasteiger partial charge in [0.1, 0.15) is 0 Å². The van der Waals surface area contributed by atoms with E-state index in [9.17, 15) is 4.79 Å². The fourth-order valence-electron chi connectivity index (χ4n) is 1.89. The lowest BCUT2D eigenvalue weighted by atomic mass is 10.1. The fourth-order valence-corrected chi connectivity index (χ4v) is 1.89.